The number of hydrogen-bond donors (Lipinski definition) is 0. The minimum absolute atomic E-state index is 0.864. The maximum absolute atomic E-state index is 4.91. The molecular weight excluding hydrogens is 803 g/mol. The van der Waals surface area contributed by atoms with Crippen molar-refractivity contribution < 1.29 is 0 Å². The molecule has 0 saturated heterocycles. The van der Waals surface area contributed by atoms with E-state index in [2.05, 4.69) is 180 Å². The summed E-state index contributed by atoms with van der Waals surface area (Å²) >= 11 is 5.29. The molecule has 12 aromatic rings. The zero-order valence-corrected chi connectivity index (χ0v) is 35.0. The van der Waals surface area contributed by atoms with Gasteiger partial charge in [-0.15, -0.1) is 34.0 Å². The second-order valence-corrected chi connectivity index (χ2v) is 18.1. The van der Waals surface area contributed by atoms with E-state index in [-0.39, 0.29) is 0 Å². The van der Waals surface area contributed by atoms with Crippen LogP contribution in [0.1, 0.15) is 0 Å². The van der Waals surface area contributed by atoms with Gasteiger partial charge in [-0.25, -0.2) is 15.0 Å². The standard InChI is InChI=1S/C53H33N5S3/c1-2-10-38(11-3-1)57(39-22-17-34(18-23-39)52-55-45-12-4-6-14-47(45)60-52)41-26-21-36-31-44-43-28-27-42(33-50(43)59-49(44)32-37(36)30-41)58(51-16-8-9-29-54-51)40-24-19-35(20-25-40)53-56-46-13-5-7-15-48(46)61-53/h1-33H. The Bertz CT molecular complexity index is 3310. The number of thiophene rings is 1. The molecular formula is C53H33N5S3. The predicted molar refractivity (Wildman–Crippen MR) is 261 cm³/mol. The highest BCUT2D eigenvalue weighted by Gasteiger charge is 2.18. The molecule has 0 atom stereocenters. The van der Waals surface area contributed by atoms with Gasteiger partial charge in [-0.2, -0.15) is 0 Å². The van der Waals surface area contributed by atoms with Gasteiger partial charge in [0.25, 0.3) is 0 Å². The van der Waals surface area contributed by atoms with E-state index in [9.17, 15) is 0 Å². The van der Waals surface area contributed by atoms with Crippen LogP contribution in [0.15, 0.2) is 200 Å². The predicted octanol–water partition coefficient (Wildman–Crippen LogP) is 16.1. The lowest BCUT2D eigenvalue weighted by atomic mass is 10.0. The van der Waals surface area contributed by atoms with Crippen molar-refractivity contribution in [3.05, 3.63) is 200 Å². The molecule has 0 spiro atoms. The Morgan fingerprint density at radius 1 is 0.344 bits per heavy atom. The van der Waals surface area contributed by atoms with E-state index in [1.54, 1.807) is 22.7 Å². The third kappa shape index (κ3) is 6.49. The van der Waals surface area contributed by atoms with Crippen LogP contribution in [0.3, 0.4) is 0 Å². The average Bonchev–Trinajstić information content (AvgIpc) is 4.05. The van der Waals surface area contributed by atoms with Crippen LogP contribution in [0.2, 0.25) is 0 Å². The van der Waals surface area contributed by atoms with Crippen molar-refractivity contribution >= 4 is 120 Å². The number of thiazole rings is 2. The number of rotatable bonds is 8. The molecule has 288 valence electrons. The van der Waals surface area contributed by atoms with Gasteiger partial charge in [0.05, 0.1) is 20.4 Å². The van der Waals surface area contributed by atoms with Gasteiger partial charge in [0.2, 0.25) is 0 Å². The molecule has 0 unspecified atom stereocenters. The van der Waals surface area contributed by atoms with Crippen LogP contribution < -0.4 is 9.80 Å². The summed E-state index contributed by atoms with van der Waals surface area (Å²) in [5, 5.41) is 6.98. The molecule has 0 aliphatic rings. The Labute approximate surface area is 363 Å². The Balaban J connectivity index is 0.903. The van der Waals surface area contributed by atoms with Crippen LogP contribution in [-0.2, 0) is 0 Å². The van der Waals surface area contributed by atoms with Crippen LogP contribution in [0.5, 0.6) is 0 Å². The van der Waals surface area contributed by atoms with Crippen LogP contribution in [0.25, 0.3) is 72.5 Å². The summed E-state index contributed by atoms with van der Waals surface area (Å²) in [4.78, 5) is 19.2. The summed E-state index contributed by atoms with van der Waals surface area (Å²) < 4.78 is 4.88. The van der Waals surface area contributed by atoms with Gasteiger partial charge in [0.15, 0.2) is 0 Å². The van der Waals surface area contributed by atoms with Crippen LogP contribution >= 0.6 is 34.0 Å². The quantitative estimate of drug-likeness (QED) is 0.153. The number of pyridine rings is 1. The van der Waals surface area contributed by atoms with E-state index in [4.69, 9.17) is 15.0 Å². The van der Waals surface area contributed by atoms with Gasteiger partial charge in [-0.1, -0.05) is 60.7 Å². The summed E-state index contributed by atoms with van der Waals surface area (Å²) in [7, 11) is 0. The zero-order chi connectivity index (χ0) is 40.3. The Hall–Kier alpha value is -7.23. The molecule has 0 bridgehead atoms. The van der Waals surface area contributed by atoms with Crippen molar-refractivity contribution in [1.82, 2.24) is 15.0 Å². The van der Waals surface area contributed by atoms with Crippen LogP contribution in [0.4, 0.5) is 34.3 Å². The normalized spacial score (nSPS) is 11.6. The van der Waals surface area contributed by atoms with Crippen LogP contribution in [-0.4, -0.2) is 15.0 Å². The molecule has 0 amide bonds. The summed E-state index contributed by atoms with van der Waals surface area (Å²) in [6.45, 7) is 0. The van der Waals surface area contributed by atoms with Crippen LogP contribution in [0, 0.1) is 0 Å². The topological polar surface area (TPSA) is 45.2 Å². The number of benzene rings is 8. The Kier molecular flexibility index (Phi) is 8.66. The molecule has 0 N–H and O–H groups in total. The maximum Gasteiger partial charge on any atom is 0.137 e. The van der Waals surface area contributed by atoms with Gasteiger partial charge in [0.1, 0.15) is 15.8 Å². The first kappa shape index (κ1) is 35.7. The third-order valence-electron chi connectivity index (χ3n) is 11.1. The highest BCUT2D eigenvalue weighted by Crippen LogP contribution is 2.44. The first-order chi connectivity index (χ1) is 30.2. The summed E-state index contributed by atoms with van der Waals surface area (Å²) in [5.41, 5.74) is 9.69. The fraction of sp³-hybridized carbons (Fsp3) is 0. The maximum atomic E-state index is 4.91. The minimum atomic E-state index is 0.864. The number of nitrogens with zero attached hydrogens (tertiary/aromatic N) is 5. The van der Waals surface area contributed by atoms with Crippen molar-refractivity contribution in [3.8, 4) is 21.1 Å². The van der Waals surface area contributed by atoms with Gasteiger partial charge in [0, 0.05) is 65.9 Å². The summed E-state index contributed by atoms with van der Waals surface area (Å²) in [5.74, 6) is 0.864. The molecule has 4 heterocycles. The summed E-state index contributed by atoms with van der Waals surface area (Å²) in [6.07, 6.45) is 1.85. The smallest absolute Gasteiger partial charge is 0.137 e. The Morgan fingerprint density at radius 3 is 1.56 bits per heavy atom. The fourth-order valence-corrected chi connectivity index (χ4v) is 11.3. The van der Waals surface area contributed by atoms with Crippen molar-refractivity contribution in [1.29, 1.82) is 0 Å². The molecule has 61 heavy (non-hydrogen) atoms. The molecule has 8 aromatic carbocycles. The van der Waals surface area contributed by atoms with E-state index in [0.717, 1.165) is 66.4 Å². The van der Waals surface area contributed by atoms with Gasteiger partial charge >= 0.3 is 0 Å². The number of para-hydroxylation sites is 3. The number of hydrogen-bond acceptors (Lipinski definition) is 8. The lowest BCUT2D eigenvalue weighted by Gasteiger charge is -2.26. The second kappa shape index (κ2) is 14.8. The third-order valence-corrected chi connectivity index (χ3v) is 14.4. The van der Waals surface area contributed by atoms with E-state index in [1.165, 1.54) is 40.3 Å². The zero-order valence-electron chi connectivity index (χ0n) is 32.5. The lowest BCUT2D eigenvalue weighted by Crippen LogP contribution is -2.11. The van der Waals surface area contributed by atoms with E-state index < -0.39 is 0 Å². The molecule has 12 rings (SSSR count). The van der Waals surface area contributed by atoms with E-state index in [1.807, 2.05) is 41.8 Å². The molecule has 0 fully saturated rings. The van der Waals surface area contributed by atoms with E-state index >= 15 is 0 Å². The molecule has 0 radical (unpaired) electrons. The van der Waals surface area contributed by atoms with Gasteiger partial charge in [-0.05, 0) is 144 Å². The fourth-order valence-electron chi connectivity index (χ4n) is 8.20. The van der Waals surface area contributed by atoms with E-state index in [0.29, 0.717) is 0 Å². The number of fused-ring (bicyclic) bond motifs is 6. The van der Waals surface area contributed by atoms with Crippen molar-refractivity contribution in [2.45, 2.75) is 0 Å². The Morgan fingerprint density at radius 2 is 0.902 bits per heavy atom. The highest BCUT2D eigenvalue weighted by molar-refractivity contribution is 7.26. The van der Waals surface area contributed by atoms with Crippen molar-refractivity contribution in [2.75, 3.05) is 9.80 Å². The average molecular weight is 836 g/mol. The van der Waals surface area contributed by atoms with Crippen molar-refractivity contribution in [2.24, 2.45) is 0 Å². The lowest BCUT2D eigenvalue weighted by molar-refractivity contribution is 1.18. The number of aromatic nitrogens is 3. The van der Waals surface area contributed by atoms with Gasteiger partial charge < -0.3 is 4.90 Å². The first-order valence-electron chi connectivity index (χ1n) is 20.1. The van der Waals surface area contributed by atoms with Crippen molar-refractivity contribution in [3.63, 3.8) is 0 Å². The molecule has 5 nitrogen and oxygen atoms in total. The molecule has 4 aromatic heterocycles. The SMILES string of the molecule is c1ccc(N(c2ccc(-c3nc4ccccc4s3)cc2)c2ccc3cc4c(cc3c2)sc2cc(N(c3ccc(-c5nc6ccccc6s5)cc3)c3ccccn3)ccc24)cc1. The minimum Gasteiger partial charge on any atom is -0.310 e. The highest BCUT2D eigenvalue weighted by atomic mass is 32.1. The monoisotopic (exact) mass is 835 g/mol. The summed E-state index contributed by atoms with van der Waals surface area (Å²) in [6, 6.07) is 69.1. The second-order valence-electron chi connectivity index (χ2n) is 14.9. The van der Waals surface area contributed by atoms with Gasteiger partial charge in [-0.3, -0.25) is 4.90 Å². The molecule has 8 heteroatoms. The molecule has 0 saturated carbocycles. The molecule has 0 aliphatic heterocycles. The molecule has 0 aliphatic carbocycles. The largest absolute Gasteiger partial charge is 0.310 e. The first-order valence-corrected chi connectivity index (χ1v) is 22.5. The number of anilines is 6.